The molecular formula is C12H11BrFNO2S2. The van der Waals surface area contributed by atoms with E-state index in [1.807, 2.05) is 18.4 Å². The molecular weight excluding hydrogens is 353 g/mol. The zero-order valence-electron chi connectivity index (χ0n) is 9.98. The summed E-state index contributed by atoms with van der Waals surface area (Å²) in [6.45, 7) is 2.16. The van der Waals surface area contributed by atoms with Crippen molar-refractivity contribution in [2.75, 3.05) is 0 Å². The predicted molar refractivity (Wildman–Crippen MR) is 77.2 cm³/mol. The molecule has 0 saturated carbocycles. The molecule has 102 valence electrons. The van der Waals surface area contributed by atoms with Gasteiger partial charge in [0.15, 0.2) is 0 Å². The van der Waals surface area contributed by atoms with Crippen LogP contribution in [-0.2, 0) is 16.6 Å². The van der Waals surface area contributed by atoms with E-state index in [1.54, 1.807) is 0 Å². The highest BCUT2D eigenvalue weighted by atomic mass is 79.9. The van der Waals surface area contributed by atoms with Crippen molar-refractivity contribution in [1.29, 1.82) is 0 Å². The van der Waals surface area contributed by atoms with Crippen molar-refractivity contribution in [3.8, 4) is 0 Å². The van der Waals surface area contributed by atoms with Crippen LogP contribution in [0.5, 0.6) is 0 Å². The number of aryl methyl sites for hydroxylation is 1. The minimum absolute atomic E-state index is 0.0307. The molecule has 3 nitrogen and oxygen atoms in total. The molecule has 0 fully saturated rings. The summed E-state index contributed by atoms with van der Waals surface area (Å²) in [7, 11) is -3.66. The lowest BCUT2D eigenvalue weighted by molar-refractivity contribution is 0.580. The maximum atomic E-state index is 13.0. The van der Waals surface area contributed by atoms with E-state index in [0.717, 1.165) is 22.6 Å². The summed E-state index contributed by atoms with van der Waals surface area (Å²) in [5.41, 5.74) is 1.05. The van der Waals surface area contributed by atoms with E-state index >= 15 is 0 Å². The lowest BCUT2D eigenvalue weighted by Crippen LogP contribution is -2.23. The van der Waals surface area contributed by atoms with Crippen LogP contribution in [0.25, 0.3) is 0 Å². The minimum Gasteiger partial charge on any atom is -0.207 e. The molecule has 0 aliphatic heterocycles. The van der Waals surface area contributed by atoms with E-state index in [9.17, 15) is 12.8 Å². The Hall–Kier alpha value is -0.760. The fourth-order valence-corrected chi connectivity index (χ4v) is 4.50. The highest BCUT2D eigenvalue weighted by Gasteiger charge is 2.18. The fraction of sp³-hybridized carbons (Fsp3) is 0.167. The Morgan fingerprint density at radius 3 is 2.68 bits per heavy atom. The zero-order valence-corrected chi connectivity index (χ0v) is 13.2. The number of benzene rings is 1. The molecule has 2 aromatic rings. The molecule has 7 heteroatoms. The van der Waals surface area contributed by atoms with Gasteiger partial charge >= 0.3 is 0 Å². The van der Waals surface area contributed by atoms with Gasteiger partial charge in [-0.2, -0.15) is 0 Å². The molecule has 1 aromatic heterocycles. The number of thiophene rings is 1. The summed E-state index contributed by atoms with van der Waals surface area (Å²) >= 11 is 4.55. The molecule has 0 spiro atoms. The first kappa shape index (κ1) is 14.6. The number of nitrogens with one attached hydrogen (secondary N) is 1. The third-order valence-electron chi connectivity index (χ3n) is 2.57. The van der Waals surface area contributed by atoms with E-state index < -0.39 is 15.8 Å². The van der Waals surface area contributed by atoms with E-state index in [4.69, 9.17) is 0 Å². The van der Waals surface area contributed by atoms with Crippen molar-refractivity contribution < 1.29 is 12.8 Å². The summed E-state index contributed by atoms with van der Waals surface area (Å²) in [5, 5.41) is 1.91. The lowest BCUT2D eigenvalue weighted by atomic mass is 10.3. The molecule has 0 aliphatic carbocycles. The van der Waals surface area contributed by atoms with Crippen molar-refractivity contribution in [1.82, 2.24) is 4.72 Å². The van der Waals surface area contributed by atoms with Gasteiger partial charge in [-0.15, -0.1) is 11.3 Å². The van der Waals surface area contributed by atoms with Gasteiger partial charge in [-0.05, 0) is 58.1 Å². The van der Waals surface area contributed by atoms with Crippen LogP contribution in [0.4, 0.5) is 4.39 Å². The number of halogens is 2. The van der Waals surface area contributed by atoms with Crippen LogP contribution in [-0.4, -0.2) is 8.42 Å². The molecule has 0 radical (unpaired) electrons. The Kier molecular flexibility index (Phi) is 4.39. The van der Waals surface area contributed by atoms with Gasteiger partial charge in [0.05, 0.1) is 4.90 Å². The van der Waals surface area contributed by atoms with Crippen LogP contribution in [0, 0.1) is 12.7 Å². The highest BCUT2D eigenvalue weighted by Crippen LogP contribution is 2.23. The van der Waals surface area contributed by atoms with Gasteiger partial charge in [0, 0.05) is 15.9 Å². The van der Waals surface area contributed by atoms with Gasteiger partial charge in [-0.25, -0.2) is 17.5 Å². The van der Waals surface area contributed by atoms with E-state index in [2.05, 4.69) is 20.7 Å². The number of hydrogen-bond donors (Lipinski definition) is 1. The quantitative estimate of drug-likeness (QED) is 0.904. The predicted octanol–water partition coefficient (Wildman–Crippen LogP) is 3.44. The third-order valence-corrected chi connectivity index (χ3v) is 5.98. The summed E-state index contributed by atoms with van der Waals surface area (Å²) < 4.78 is 39.9. The van der Waals surface area contributed by atoms with Crippen molar-refractivity contribution in [3.05, 3.63) is 50.4 Å². The molecule has 19 heavy (non-hydrogen) atoms. The summed E-state index contributed by atoms with van der Waals surface area (Å²) in [5.74, 6) is -0.486. The highest BCUT2D eigenvalue weighted by molar-refractivity contribution is 9.10. The standard InChI is InChI=1S/C12H11BrFNO2S2/c1-8-4-5-18-11(8)7-15-19(16,17)12-3-2-9(14)6-10(12)13/h2-6,15H,7H2,1H3. The molecule has 0 amide bonds. The van der Waals surface area contributed by atoms with Gasteiger partial charge in [-0.3, -0.25) is 0 Å². The average Bonchev–Trinajstić information content (AvgIpc) is 2.72. The molecule has 0 bridgehead atoms. The van der Waals surface area contributed by atoms with Crippen LogP contribution < -0.4 is 4.72 Å². The Morgan fingerprint density at radius 2 is 2.11 bits per heavy atom. The second-order valence-electron chi connectivity index (χ2n) is 3.93. The third kappa shape index (κ3) is 3.42. The van der Waals surface area contributed by atoms with Gasteiger partial charge in [0.2, 0.25) is 10.0 Å². The van der Waals surface area contributed by atoms with Crippen LogP contribution in [0.2, 0.25) is 0 Å². The SMILES string of the molecule is Cc1ccsc1CNS(=O)(=O)c1ccc(F)cc1Br. The number of sulfonamides is 1. The van der Waals surface area contributed by atoms with Gasteiger partial charge in [0.1, 0.15) is 5.82 Å². The van der Waals surface area contributed by atoms with E-state index in [-0.39, 0.29) is 15.9 Å². The fourth-order valence-electron chi connectivity index (χ4n) is 1.52. The molecule has 2 rings (SSSR count). The summed E-state index contributed by atoms with van der Waals surface area (Å²) in [6, 6.07) is 5.42. The smallest absolute Gasteiger partial charge is 0.207 e. The second-order valence-corrected chi connectivity index (χ2v) is 7.52. The topological polar surface area (TPSA) is 46.2 Å². The van der Waals surface area contributed by atoms with Crippen molar-refractivity contribution in [3.63, 3.8) is 0 Å². The van der Waals surface area contributed by atoms with Crippen molar-refractivity contribution >= 4 is 37.3 Å². The van der Waals surface area contributed by atoms with Gasteiger partial charge in [0.25, 0.3) is 0 Å². The Balaban J connectivity index is 2.21. The lowest BCUT2D eigenvalue weighted by Gasteiger charge is -2.08. The maximum Gasteiger partial charge on any atom is 0.242 e. The first-order valence-electron chi connectivity index (χ1n) is 5.38. The van der Waals surface area contributed by atoms with Crippen LogP contribution >= 0.6 is 27.3 Å². The summed E-state index contributed by atoms with van der Waals surface area (Å²) in [4.78, 5) is 0.991. The van der Waals surface area contributed by atoms with Crippen molar-refractivity contribution in [2.45, 2.75) is 18.4 Å². The van der Waals surface area contributed by atoms with Crippen LogP contribution in [0.3, 0.4) is 0 Å². The van der Waals surface area contributed by atoms with Crippen LogP contribution in [0.1, 0.15) is 10.4 Å². The number of rotatable bonds is 4. The molecule has 0 atom stereocenters. The number of hydrogen-bond acceptors (Lipinski definition) is 3. The molecule has 0 unspecified atom stereocenters. The molecule has 0 aliphatic rings. The van der Waals surface area contributed by atoms with Gasteiger partial charge in [-0.1, -0.05) is 0 Å². The normalized spacial score (nSPS) is 11.7. The Bertz CT molecular complexity index is 698. The average molecular weight is 364 g/mol. The second kappa shape index (κ2) is 5.70. The van der Waals surface area contributed by atoms with E-state index in [0.29, 0.717) is 0 Å². The summed E-state index contributed by atoms with van der Waals surface area (Å²) in [6.07, 6.45) is 0. The Labute approximate surface area is 123 Å². The first-order chi connectivity index (χ1) is 8.90. The zero-order chi connectivity index (χ0) is 14.0. The minimum atomic E-state index is -3.66. The van der Waals surface area contributed by atoms with Crippen LogP contribution in [0.15, 0.2) is 39.0 Å². The van der Waals surface area contributed by atoms with E-state index in [1.165, 1.54) is 17.4 Å². The first-order valence-corrected chi connectivity index (χ1v) is 8.53. The molecule has 0 saturated heterocycles. The molecule has 1 aromatic carbocycles. The molecule has 1 heterocycles. The maximum absolute atomic E-state index is 13.0. The van der Waals surface area contributed by atoms with Crippen molar-refractivity contribution in [2.24, 2.45) is 0 Å². The Morgan fingerprint density at radius 1 is 1.37 bits per heavy atom. The molecule has 1 N–H and O–H groups in total. The monoisotopic (exact) mass is 363 g/mol. The van der Waals surface area contributed by atoms with Gasteiger partial charge < -0.3 is 0 Å². The largest absolute Gasteiger partial charge is 0.242 e.